The third-order valence-corrected chi connectivity index (χ3v) is 3.79. The minimum Gasteiger partial charge on any atom is -0.381 e. The Morgan fingerprint density at radius 2 is 2.17 bits per heavy atom. The molecule has 1 N–H and O–H groups in total. The lowest BCUT2D eigenvalue weighted by molar-refractivity contribution is -0.130. The zero-order chi connectivity index (χ0) is 13.8. The standard InChI is InChI=1S/C14H28N2O2/c1-11(14(2,3)10-16(4)5)15-13(17)12-7-6-8-18-9-12/h11-12H,6-10H2,1-5H3,(H,15,17)/t11-,12+/m0/s1. The van der Waals surface area contributed by atoms with Crippen LogP contribution in [0.3, 0.4) is 0 Å². The lowest BCUT2D eigenvalue weighted by Gasteiger charge is -2.36. The van der Waals surface area contributed by atoms with Gasteiger partial charge in [-0.05, 0) is 39.3 Å². The van der Waals surface area contributed by atoms with Crippen LogP contribution < -0.4 is 5.32 Å². The van der Waals surface area contributed by atoms with Crippen LogP contribution in [0, 0.1) is 11.3 Å². The van der Waals surface area contributed by atoms with Gasteiger partial charge in [-0.2, -0.15) is 0 Å². The first-order valence-electron chi connectivity index (χ1n) is 6.86. The molecular formula is C14H28N2O2. The van der Waals surface area contributed by atoms with Crippen molar-refractivity contribution in [1.29, 1.82) is 0 Å². The van der Waals surface area contributed by atoms with E-state index in [9.17, 15) is 4.79 Å². The largest absolute Gasteiger partial charge is 0.381 e. The number of hydrogen-bond acceptors (Lipinski definition) is 3. The van der Waals surface area contributed by atoms with Gasteiger partial charge in [-0.1, -0.05) is 13.8 Å². The summed E-state index contributed by atoms with van der Waals surface area (Å²) in [6, 6.07) is 0.161. The van der Waals surface area contributed by atoms with Crippen molar-refractivity contribution in [3.63, 3.8) is 0 Å². The van der Waals surface area contributed by atoms with Crippen molar-refractivity contribution in [3.8, 4) is 0 Å². The zero-order valence-electron chi connectivity index (χ0n) is 12.5. The van der Waals surface area contributed by atoms with Crippen LogP contribution >= 0.6 is 0 Å². The van der Waals surface area contributed by atoms with Gasteiger partial charge in [0.2, 0.25) is 5.91 Å². The quantitative estimate of drug-likeness (QED) is 0.810. The Hall–Kier alpha value is -0.610. The third kappa shape index (κ3) is 4.58. The molecule has 0 unspecified atom stereocenters. The molecule has 0 saturated carbocycles. The summed E-state index contributed by atoms with van der Waals surface area (Å²) in [5.41, 5.74) is 0.0642. The SMILES string of the molecule is C[C@H](NC(=O)[C@@H]1CCCOC1)C(C)(C)CN(C)C. The number of amides is 1. The van der Waals surface area contributed by atoms with E-state index in [0.717, 1.165) is 26.0 Å². The summed E-state index contributed by atoms with van der Waals surface area (Å²) in [6.45, 7) is 8.80. The second-order valence-electron chi connectivity index (χ2n) is 6.37. The lowest BCUT2D eigenvalue weighted by atomic mass is 9.84. The van der Waals surface area contributed by atoms with Gasteiger partial charge < -0.3 is 15.0 Å². The average molecular weight is 256 g/mol. The Labute approximate surface area is 111 Å². The molecule has 0 bridgehead atoms. The molecule has 0 aromatic carbocycles. The Morgan fingerprint density at radius 1 is 1.50 bits per heavy atom. The van der Waals surface area contributed by atoms with Gasteiger partial charge in [0, 0.05) is 19.2 Å². The van der Waals surface area contributed by atoms with E-state index in [2.05, 4.69) is 45.1 Å². The highest BCUT2D eigenvalue weighted by atomic mass is 16.5. The van der Waals surface area contributed by atoms with Gasteiger partial charge in [0.15, 0.2) is 0 Å². The normalized spacial score (nSPS) is 22.9. The van der Waals surface area contributed by atoms with Crippen LogP contribution in [0.5, 0.6) is 0 Å². The number of nitrogens with one attached hydrogen (secondary N) is 1. The van der Waals surface area contributed by atoms with E-state index in [4.69, 9.17) is 4.74 Å². The van der Waals surface area contributed by atoms with Gasteiger partial charge in [-0.3, -0.25) is 4.79 Å². The van der Waals surface area contributed by atoms with Crippen LogP contribution in [0.15, 0.2) is 0 Å². The van der Waals surface area contributed by atoms with Crippen LogP contribution in [0.2, 0.25) is 0 Å². The van der Waals surface area contributed by atoms with Gasteiger partial charge in [-0.15, -0.1) is 0 Å². The van der Waals surface area contributed by atoms with Crippen LogP contribution in [0.1, 0.15) is 33.6 Å². The summed E-state index contributed by atoms with van der Waals surface area (Å²) in [5.74, 6) is 0.186. The molecule has 1 amide bonds. The zero-order valence-corrected chi connectivity index (χ0v) is 12.5. The minimum absolute atomic E-state index is 0.0383. The Morgan fingerprint density at radius 3 is 2.67 bits per heavy atom. The number of carbonyl (C=O) groups is 1. The van der Waals surface area contributed by atoms with Crippen LogP contribution in [-0.4, -0.2) is 50.7 Å². The summed E-state index contributed by atoms with van der Waals surface area (Å²) >= 11 is 0. The van der Waals surface area contributed by atoms with Gasteiger partial charge in [0.1, 0.15) is 0 Å². The molecule has 1 saturated heterocycles. The third-order valence-electron chi connectivity index (χ3n) is 3.79. The summed E-state index contributed by atoms with van der Waals surface area (Å²) in [4.78, 5) is 14.3. The van der Waals surface area contributed by atoms with Crippen molar-refractivity contribution < 1.29 is 9.53 Å². The minimum atomic E-state index is 0.0383. The lowest BCUT2D eigenvalue weighted by Crippen LogP contribution is -2.49. The van der Waals surface area contributed by atoms with Crippen molar-refractivity contribution in [2.75, 3.05) is 33.9 Å². The topological polar surface area (TPSA) is 41.6 Å². The second kappa shape index (κ2) is 6.53. The average Bonchev–Trinajstić information content (AvgIpc) is 2.28. The highest BCUT2D eigenvalue weighted by Crippen LogP contribution is 2.22. The van der Waals surface area contributed by atoms with Crippen molar-refractivity contribution >= 4 is 5.91 Å². The molecule has 1 aliphatic heterocycles. The molecule has 0 radical (unpaired) electrons. The Kier molecular flexibility index (Phi) is 5.60. The first-order chi connectivity index (χ1) is 8.33. The molecule has 4 nitrogen and oxygen atoms in total. The fraction of sp³-hybridized carbons (Fsp3) is 0.929. The molecule has 18 heavy (non-hydrogen) atoms. The predicted molar refractivity (Wildman–Crippen MR) is 73.5 cm³/mol. The van der Waals surface area contributed by atoms with E-state index in [0.29, 0.717) is 6.61 Å². The number of carbonyl (C=O) groups excluding carboxylic acids is 1. The Bertz CT molecular complexity index is 271. The Balaban J connectivity index is 2.47. The monoisotopic (exact) mass is 256 g/mol. The maximum absolute atomic E-state index is 12.1. The molecule has 1 heterocycles. The van der Waals surface area contributed by atoms with E-state index < -0.39 is 0 Å². The fourth-order valence-electron chi connectivity index (χ4n) is 2.43. The molecule has 1 fully saturated rings. The molecule has 1 aliphatic rings. The van der Waals surface area contributed by atoms with E-state index in [1.165, 1.54) is 0 Å². The summed E-state index contributed by atoms with van der Waals surface area (Å²) < 4.78 is 5.37. The first-order valence-corrected chi connectivity index (χ1v) is 6.86. The molecule has 0 aliphatic carbocycles. The van der Waals surface area contributed by atoms with E-state index in [1.54, 1.807) is 0 Å². The van der Waals surface area contributed by atoms with Crippen molar-refractivity contribution in [3.05, 3.63) is 0 Å². The van der Waals surface area contributed by atoms with E-state index in [-0.39, 0.29) is 23.3 Å². The number of hydrogen-bond donors (Lipinski definition) is 1. The van der Waals surface area contributed by atoms with Gasteiger partial charge in [0.05, 0.1) is 12.5 Å². The van der Waals surface area contributed by atoms with Crippen molar-refractivity contribution in [1.82, 2.24) is 10.2 Å². The molecule has 2 atom stereocenters. The number of ether oxygens (including phenoxy) is 1. The van der Waals surface area contributed by atoms with Crippen molar-refractivity contribution in [2.24, 2.45) is 11.3 Å². The van der Waals surface area contributed by atoms with Crippen molar-refractivity contribution in [2.45, 2.75) is 39.7 Å². The van der Waals surface area contributed by atoms with Gasteiger partial charge in [-0.25, -0.2) is 0 Å². The van der Waals surface area contributed by atoms with Gasteiger partial charge in [0.25, 0.3) is 0 Å². The van der Waals surface area contributed by atoms with Crippen LogP contribution in [0.25, 0.3) is 0 Å². The highest BCUT2D eigenvalue weighted by Gasteiger charge is 2.30. The highest BCUT2D eigenvalue weighted by molar-refractivity contribution is 5.79. The molecular weight excluding hydrogens is 228 g/mol. The smallest absolute Gasteiger partial charge is 0.225 e. The summed E-state index contributed by atoms with van der Waals surface area (Å²) in [6.07, 6.45) is 1.94. The fourth-order valence-corrected chi connectivity index (χ4v) is 2.43. The predicted octanol–water partition coefficient (Wildman–Crippen LogP) is 1.51. The maximum Gasteiger partial charge on any atom is 0.225 e. The van der Waals surface area contributed by atoms with Crippen LogP contribution in [0.4, 0.5) is 0 Å². The molecule has 0 aromatic heterocycles. The maximum atomic E-state index is 12.1. The summed E-state index contributed by atoms with van der Waals surface area (Å²) in [7, 11) is 4.12. The molecule has 106 valence electrons. The summed E-state index contributed by atoms with van der Waals surface area (Å²) in [5, 5.41) is 3.15. The molecule has 0 spiro atoms. The second-order valence-corrected chi connectivity index (χ2v) is 6.37. The van der Waals surface area contributed by atoms with Gasteiger partial charge >= 0.3 is 0 Å². The molecule has 1 rings (SSSR count). The first kappa shape index (κ1) is 15.4. The number of rotatable bonds is 5. The molecule has 0 aromatic rings. The molecule has 4 heteroatoms. The number of nitrogens with zero attached hydrogens (tertiary/aromatic N) is 1. The van der Waals surface area contributed by atoms with Crippen LogP contribution in [-0.2, 0) is 9.53 Å². The van der Waals surface area contributed by atoms with E-state index in [1.807, 2.05) is 0 Å². The van der Waals surface area contributed by atoms with E-state index >= 15 is 0 Å².